The Labute approximate surface area is 145 Å². The average molecular weight is 344 g/mol. The van der Waals surface area contributed by atoms with Crippen molar-refractivity contribution >= 4 is 11.6 Å². The van der Waals surface area contributed by atoms with Gasteiger partial charge in [-0.3, -0.25) is 4.79 Å². The van der Waals surface area contributed by atoms with E-state index < -0.39 is 5.91 Å². The SMILES string of the molecule is COc1cc(C(=O)NN=C(C)c2ccc(O)cc2)cc(OC)c1OC. The normalized spacial score (nSPS) is 11.0. The number of rotatable bonds is 6. The van der Waals surface area contributed by atoms with Crippen molar-refractivity contribution in [1.29, 1.82) is 0 Å². The van der Waals surface area contributed by atoms with E-state index in [2.05, 4.69) is 10.5 Å². The quantitative estimate of drug-likeness (QED) is 0.621. The minimum absolute atomic E-state index is 0.165. The maximum atomic E-state index is 12.4. The van der Waals surface area contributed by atoms with Gasteiger partial charge in [-0.15, -0.1) is 0 Å². The minimum Gasteiger partial charge on any atom is -0.508 e. The fraction of sp³-hybridized carbons (Fsp3) is 0.222. The molecule has 7 nitrogen and oxygen atoms in total. The van der Waals surface area contributed by atoms with Crippen molar-refractivity contribution in [3.8, 4) is 23.0 Å². The van der Waals surface area contributed by atoms with Crippen molar-refractivity contribution < 1.29 is 24.1 Å². The van der Waals surface area contributed by atoms with Gasteiger partial charge in [0.25, 0.3) is 5.91 Å². The van der Waals surface area contributed by atoms with Crippen molar-refractivity contribution in [2.24, 2.45) is 5.10 Å². The first kappa shape index (κ1) is 18.1. The highest BCUT2D eigenvalue weighted by atomic mass is 16.5. The summed E-state index contributed by atoms with van der Waals surface area (Å²) in [5, 5.41) is 13.4. The number of carbonyl (C=O) groups excluding carboxylic acids is 1. The number of benzene rings is 2. The summed E-state index contributed by atoms with van der Waals surface area (Å²) in [7, 11) is 4.45. The van der Waals surface area contributed by atoms with Gasteiger partial charge < -0.3 is 19.3 Å². The largest absolute Gasteiger partial charge is 0.508 e. The van der Waals surface area contributed by atoms with Crippen LogP contribution in [0.4, 0.5) is 0 Å². The van der Waals surface area contributed by atoms with Gasteiger partial charge >= 0.3 is 0 Å². The van der Waals surface area contributed by atoms with E-state index in [0.717, 1.165) is 5.56 Å². The molecule has 0 saturated carbocycles. The number of phenols is 1. The number of carbonyl (C=O) groups is 1. The topological polar surface area (TPSA) is 89.4 Å². The molecule has 2 aromatic rings. The number of phenolic OH excluding ortho intramolecular Hbond substituents is 1. The van der Waals surface area contributed by atoms with Crippen molar-refractivity contribution in [1.82, 2.24) is 5.43 Å². The standard InChI is InChI=1S/C18H20N2O5/c1-11(12-5-7-14(21)8-6-12)19-20-18(22)13-9-15(23-2)17(25-4)16(10-13)24-3/h5-10,21H,1-4H3,(H,20,22). The molecule has 25 heavy (non-hydrogen) atoms. The molecule has 0 fully saturated rings. The van der Waals surface area contributed by atoms with Crippen LogP contribution in [0.5, 0.6) is 23.0 Å². The fourth-order valence-electron chi connectivity index (χ4n) is 2.18. The van der Waals surface area contributed by atoms with Gasteiger partial charge in [0.2, 0.25) is 5.75 Å². The van der Waals surface area contributed by atoms with Crippen molar-refractivity contribution in [2.45, 2.75) is 6.92 Å². The van der Waals surface area contributed by atoms with Crippen molar-refractivity contribution in [3.05, 3.63) is 47.5 Å². The molecule has 0 aliphatic heterocycles. The fourth-order valence-corrected chi connectivity index (χ4v) is 2.18. The number of aromatic hydroxyl groups is 1. The molecule has 0 bridgehead atoms. The van der Waals surface area contributed by atoms with E-state index in [0.29, 0.717) is 28.5 Å². The lowest BCUT2D eigenvalue weighted by atomic mass is 10.1. The first-order valence-electron chi connectivity index (χ1n) is 7.44. The Morgan fingerprint density at radius 1 is 0.960 bits per heavy atom. The number of methoxy groups -OCH3 is 3. The average Bonchev–Trinajstić information content (AvgIpc) is 2.64. The van der Waals surface area contributed by atoms with Gasteiger partial charge in [-0.1, -0.05) is 0 Å². The molecule has 2 N–H and O–H groups in total. The molecule has 0 atom stereocenters. The number of nitrogens with zero attached hydrogens (tertiary/aromatic N) is 1. The lowest BCUT2D eigenvalue weighted by Gasteiger charge is -2.13. The van der Waals surface area contributed by atoms with E-state index in [9.17, 15) is 9.90 Å². The lowest BCUT2D eigenvalue weighted by molar-refractivity contribution is 0.0954. The molecular formula is C18H20N2O5. The van der Waals surface area contributed by atoms with E-state index in [-0.39, 0.29) is 5.75 Å². The minimum atomic E-state index is -0.419. The summed E-state index contributed by atoms with van der Waals surface area (Å²) in [6, 6.07) is 9.61. The third-order valence-electron chi connectivity index (χ3n) is 3.54. The van der Waals surface area contributed by atoms with E-state index >= 15 is 0 Å². The van der Waals surface area contributed by atoms with Gasteiger partial charge in [0.15, 0.2) is 11.5 Å². The summed E-state index contributed by atoms with van der Waals surface area (Å²) in [5.41, 5.74) is 4.18. The van der Waals surface area contributed by atoms with Gasteiger partial charge in [0, 0.05) is 5.56 Å². The van der Waals surface area contributed by atoms with E-state index in [1.807, 2.05) is 0 Å². The number of hydrazone groups is 1. The van der Waals surface area contributed by atoms with E-state index in [4.69, 9.17) is 14.2 Å². The molecule has 1 amide bonds. The molecule has 0 heterocycles. The summed E-state index contributed by atoms with van der Waals surface area (Å²) in [6.07, 6.45) is 0. The molecule has 0 unspecified atom stereocenters. The van der Waals surface area contributed by atoms with Gasteiger partial charge in [0.1, 0.15) is 5.75 Å². The zero-order chi connectivity index (χ0) is 18.4. The monoisotopic (exact) mass is 344 g/mol. The summed E-state index contributed by atoms with van der Waals surface area (Å²) in [6.45, 7) is 1.75. The summed E-state index contributed by atoms with van der Waals surface area (Å²) in [4.78, 5) is 12.4. The highest BCUT2D eigenvalue weighted by Crippen LogP contribution is 2.38. The maximum absolute atomic E-state index is 12.4. The zero-order valence-electron chi connectivity index (χ0n) is 14.5. The Balaban J connectivity index is 2.23. The maximum Gasteiger partial charge on any atom is 0.271 e. The van der Waals surface area contributed by atoms with Crippen LogP contribution in [0.2, 0.25) is 0 Å². The molecule has 0 aliphatic rings. The first-order valence-corrected chi connectivity index (χ1v) is 7.44. The molecule has 0 aliphatic carbocycles. The molecule has 0 radical (unpaired) electrons. The van der Waals surface area contributed by atoms with Crippen LogP contribution in [0.25, 0.3) is 0 Å². The van der Waals surface area contributed by atoms with Crippen LogP contribution < -0.4 is 19.6 Å². The van der Waals surface area contributed by atoms with Crippen LogP contribution in [-0.2, 0) is 0 Å². The van der Waals surface area contributed by atoms with Crippen LogP contribution in [0.15, 0.2) is 41.5 Å². The smallest absolute Gasteiger partial charge is 0.271 e. The van der Waals surface area contributed by atoms with E-state index in [1.165, 1.54) is 21.3 Å². The molecule has 7 heteroatoms. The Morgan fingerprint density at radius 3 is 2.00 bits per heavy atom. The molecule has 0 saturated heterocycles. The number of nitrogens with one attached hydrogen (secondary N) is 1. The number of amides is 1. The second-order valence-electron chi connectivity index (χ2n) is 5.10. The lowest BCUT2D eigenvalue weighted by Crippen LogP contribution is -2.19. The summed E-state index contributed by atoms with van der Waals surface area (Å²) < 4.78 is 15.7. The molecule has 0 spiro atoms. The zero-order valence-corrected chi connectivity index (χ0v) is 14.5. The van der Waals surface area contributed by atoms with Crippen LogP contribution >= 0.6 is 0 Å². The number of hydrogen-bond acceptors (Lipinski definition) is 6. The number of ether oxygens (including phenoxy) is 3. The molecular weight excluding hydrogens is 324 g/mol. The van der Waals surface area contributed by atoms with Gasteiger partial charge in [-0.05, 0) is 48.9 Å². The van der Waals surface area contributed by atoms with E-state index in [1.54, 1.807) is 43.3 Å². The van der Waals surface area contributed by atoms with Gasteiger partial charge in [-0.2, -0.15) is 5.10 Å². The van der Waals surface area contributed by atoms with Crippen LogP contribution in [0.1, 0.15) is 22.8 Å². The first-order chi connectivity index (χ1) is 12.0. The Bertz CT molecular complexity index is 760. The highest BCUT2D eigenvalue weighted by molar-refractivity contribution is 6.01. The third-order valence-corrected chi connectivity index (χ3v) is 3.54. The van der Waals surface area contributed by atoms with Crippen LogP contribution in [0, 0.1) is 0 Å². The predicted molar refractivity (Wildman–Crippen MR) is 93.9 cm³/mol. The Hall–Kier alpha value is -3.22. The molecule has 2 rings (SSSR count). The second-order valence-corrected chi connectivity index (χ2v) is 5.10. The number of hydrogen-bond donors (Lipinski definition) is 2. The van der Waals surface area contributed by atoms with Crippen molar-refractivity contribution in [2.75, 3.05) is 21.3 Å². The van der Waals surface area contributed by atoms with Gasteiger partial charge in [0.05, 0.1) is 27.0 Å². The second kappa shape index (κ2) is 8.05. The molecule has 132 valence electrons. The third kappa shape index (κ3) is 4.20. The van der Waals surface area contributed by atoms with Crippen LogP contribution in [-0.4, -0.2) is 38.1 Å². The molecule has 2 aromatic carbocycles. The van der Waals surface area contributed by atoms with Crippen molar-refractivity contribution in [3.63, 3.8) is 0 Å². The highest BCUT2D eigenvalue weighted by Gasteiger charge is 2.16. The van der Waals surface area contributed by atoms with Crippen LogP contribution in [0.3, 0.4) is 0 Å². The Morgan fingerprint density at radius 2 is 1.52 bits per heavy atom. The summed E-state index contributed by atoms with van der Waals surface area (Å²) >= 11 is 0. The van der Waals surface area contributed by atoms with Gasteiger partial charge in [-0.25, -0.2) is 5.43 Å². The Kier molecular flexibility index (Phi) is 5.84. The predicted octanol–water partition coefficient (Wildman–Crippen LogP) is 2.57. The summed E-state index contributed by atoms with van der Waals surface area (Å²) in [5.74, 6) is 0.915. The molecule has 0 aromatic heterocycles.